The molecule has 160 valence electrons. The third-order valence-corrected chi connectivity index (χ3v) is 6.80. The Morgan fingerprint density at radius 2 is 1.97 bits per heavy atom. The van der Waals surface area contributed by atoms with Crippen molar-refractivity contribution in [1.29, 1.82) is 0 Å². The van der Waals surface area contributed by atoms with Crippen LogP contribution in [0.2, 0.25) is 0 Å². The van der Waals surface area contributed by atoms with E-state index in [4.69, 9.17) is 4.74 Å². The van der Waals surface area contributed by atoms with Crippen molar-refractivity contribution in [2.24, 2.45) is 11.3 Å². The predicted octanol–water partition coefficient (Wildman–Crippen LogP) is 6.33. The van der Waals surface area contributed by atoms with Crippen LogP contribution in [-0.4, -0.2) is 13.0 Å². The van der Waals surface area contributed by atoms with Crippen molar-refractivity contribution in [2.45, 2.75) is 71.4 Å². The Labute approximate surface area is 170 Å². The lowest BCUT2D eigenvalue weighted by molar-refractivity contribution is -0.138. The highest BCUT2D eigenvalue weighted by atomic mass is 19.4. The molecule has 0 saturated heterocycles. The van der Waals surface area contributed by atoms with E-state index in [1.54, 1.807) is 6.07 Å². The molecule has 1 heterocycles. The molecule has 3 nitrogen and oxygen atoms in total. The van der Waals surface area contributed by atoms with E-state index >= 15 is 0 Å². The third kappa shape index (κ3) is 4.46. The average molecular weight is 409 g/mol. The van der Waals surface area contributed by atoms with Crippen molar-refractivity contribution in [3.05, 3.63) is 34.9 Å². The van der Waals surface area contributed by atoms with Crippen molar-refractivity contribution in [1.82, 2.24) is 5.32 Å². The van der Waals surface area contributed by atoms with Crippen LogP contribution in [0.3, 0.4) is 0 Å². The van der Waals surface area contributed by atoms with Crippen molar-refractivity contribution >= 4 is 11.6 Å². The fraction of sp³-hybridized carbons (Fsp3) is 0.609. The monoisotopic (exact) mass is 409 g/mol. The molecule has 1 aliphatic carbocycles. The first-order valence-corrected chi connectivity index (χ1v) is 10.5. The van der Waals surface area contributed by atoms with Crippen molar-refractivity contribution in [2.75, 3.05) is 7.11 Å². The smallest absolute Gasteiger partial charge is 0.419 e. The SMILES string of the molecule is CCC1CCCC2(CCC(C)=C(c3ccc(OC)c(C(F)(F)F)c3)NC2=O)CC1. The molecular formula is C23H30F3NO2. The molecule has 0 bridgehead atoms. The summed E-state index contributed by atoms with van der Waals surface area (Å²) in [7, 11) is 1.22. The van der Waals surface area contributed by atoms with Crippen LogP contribution in [0.25, 0.3) is 5.70 Å². The summed E-state index contributed by atoms with van der Waals surface area (Å²) in [6.45, 7) is 4.10. The maximum Gasteiger partial charge on any atom is 0.419 e. The molecule has 29 heavy (non-hydrogen) atoms. The van der Waals surface area contributed by atoms with Gasteiger partial charge in [0.05, 0.1) is 12.7 Å². The van der Waals surface area contributed by atoms with E-state index in [0.29, 0.717) is 23.6 Å². The zero-order valence-corrected chi connectivity index (χ0v) is 17.4. The van der Waals surface area contributed by atoms with Crippen molar-refractivity contribution in [3.8, 4) is 5.75 Å². The fourth-order valence-electron chi connectivity index (χ4n) is 4.79. The van der Waals surface area contributed by atoms with Crippen LogP contribution in [-0.2, 0) is 11.0 Å². The quantitative estimate of drug-likeness (QED) is 0.633. The molecule has 2 atom stereocenters. The molecule has 1 N–H and O–H groups in total. The van der Waals surface area contributed by atoms with Gasteiger partial charge in [-0.15, -0.1) is 0 Å². The van der Waals surface area contributed by atoms with E-state index < -0.39 is 17.2 Å². The first-order valence-electron chi connectivity index (χ1n) is 10.5. The van der Waals surface area contributed by atoms with Gasteiger partial charge in [0.2, 0.25) is 5.91 Å². The Morgan fingerprint density at radius 1 is 1.21 bits per heavy atom. The number of nitrogens with one attached hydrogen (secondary N) is 1. The van der Waals surface area contributed by atoms with Gasteiger partial charge in [-0.25, -0.2) is 0 Å². The highest BCUT2D eigenvalue weighted by Gasteiger charge is 2.42. The van der Waals surface area contributed by atoms with Crippen LogP contribution in [0.1, 0.15) is 76.3 Å². The number of carbonyl (C=O) groups excluding carboxylic acids is 1. The van der Waals surface area contributed by atoms with E-state index in [1.165, 1.54) is 13.2 Å². The number of hydrogen-bond acceptors (Lipinski definition) is 2. The summed E-state index contributed by atoms with van der Waals surface area (Å²) in [6.07, 6.45) is 3.00. The van der Waals surface area contributed by atoms with E-state index in [-0.39, 0.29) is 11.7 Å². The predicted molar refractivity (Wildman–Crippen MR) is 107 cm³/mol. The van der Waals surface area contributed by atoms with E-state index in [9.17, 15) is 18.0 Å². The lowest BCUT2D eigenvalue weighted by atomic mass is 9.75. The average Bonchev–Trinajstić information content (AvgIpc) is 2.98. The molecule has 2 unspecified atom stereocenters. The number of alkyl halides is 3. The van der Waals surface area contributed by atoms with Gasteiger partial charge in [0.25, 0.3) is 0 Å². The summed E-state index contributed by atoms with van der Waals surface area (Å²) >= 11 is 0. The summed E-state index contributed by atoms with van der Waals surface area (Å²) in [5.74, 6) is 0.408. The van der Waals surface area contributed by atoms with Crippen LogP contribution in [0.5, 0.6) is 5.75 Å². The molecule has 1 fully saturated rings. The van der Waals surface area contributed by atoms with Gasteiger partial charge in [-0.3, -0.25) is 4.79 Å². The fourth-order valence-corrected chi connectivity index (χ4v) is 4.79. The van der Waals surface area contributed by atoms with E-state index in [1.807, 2.05) is 6.92 Å². The van der Waals surface area contributed by atoms with Gasteiger partial charge in [-0.1, -0.05) is 26.2 Å². The van der Waals surface area contributed by atoms with E-state index in [0.717, 1.165) is 56.6 Å². The first kappa shape index (κ1) is 21.7. The lowest BCUT2D eigenvalue weighted by Gasteiger charge is -2.30. The topological polar surface area (TPSA) is 38.3 Å². The van der Waals surface area contributed by atoms with Gasteiger partial charge in [0.15, 0.2) is 0 Å². The Bertz CT molecular complexity index is 800. The Kier molecular flexibility index (Phi) is 6.30. The zero-order valence-electron chi connectivity index (χ0n) is 17.4. The molecule has 1 saturated carbocycles. The number of rotatable bonds is 3. The molecule has 1 aromatic carbocycles. The summed E-state index contributed by atoms with van der Waals surface area (Å²) in [4.78, 5) is 13.3. The molecule has 3 rings (SSSR count). The minimum absolute atomic E-state index is 0.0366. The van der Waals surface area contributed by atoms with E-state index in [2.05, 4.69) is 12.2 Å². The number of methoxy groups -OCH3 is 1. The van der Waals surface area contributed by atoms with Crippen LogP contribution < -0.4 is 10.1 Å². The number of halogens is 3. The summed E-state index contributed by atoms with van der Waals surface area (Å²) in [5.41, 5.74) is 0.570. The van der Waals surface area contributed by atoms with Crippen molar-refractivity contribution in [3.63, 3.8) is 0 Å². The highest BCUT2D eigenvalue weighted by molar-refractivity contribution is 5.92. The Morgan fingerprint density at radius 3 is 2.62 bits per heavy atom. The molecule has 2 aliphatic rings. The molecular weight excluding hydrogens is 379 g/mol. The largest absolute Gasteiger partial charge is 0.496 e. The van der Waals surface area contributed by atoms with Gasteiger partial charge >= 0.3 is 6.18 Å². The standard InChI is InChI=1S/C23H30F3NO2/c1-4-16-6-5-11-22(13-10-16)12-9-15(2)20(27-21(22)28)17-7-8-19(29-3)18(14-17)23(24,25)26/h7-8,14,16H,4-6,9-13H2,1-3H3,(H,27,28). The van der Waals surface area contributed by atoms with Crippen LogP contribution in [0.4, 0.5) is 13.2 Å². The summed E-state index contributed by atoms with van der Waals surface area (Å²) < 4.78 is 45.3. The second kappa shape index (κ2) is 8.41. The molecule has 1 spiro atoms. The number of hydrogen-bond donors (Lipinski definition) is 1. The molecule has 0 radical (unpaired) electrons. The maximum atomic E-state index is 13.5. The van der Waals surface area contributed by atoms with Gasteiger partial charge in [0.1, 0.15) is 5.75 Å². The second-order valence-corrected chi connectivity index (χ2v) is 8.51. The number of allylic oxidation sites excluding steroid dienone is 1. The Hall–Kier alpha value is -1.98. The molecule has 0 aromatic heterocycles. The molecule has 1 amide bonds. The number of amides is 1. The molecule has 1 aliphatic heterocycles. The summed E-state index contributed by atoms with van der Waals surface area (Å²) in [5, 5.41) is 3.01. The number of carbonyl (C=O) groups is 1. The number of benzene rings is 1. The second-order valence-electron chi connectivity index (χ2n) is 8.51. The highest BCUT2D eigenvalue weighted by Crippen LogP contribution is 2.45. The van der Waals surface area contributed by atoms with Gasteiger partial charge in [-0.2, -0.15) is 13.2 Å². The van der Waals surface area contributed by atoms with Crippen LogP contribution in [0, 0.1) is 11.3 Å². The van der Waals surface area contributed by atoms with Gasteiger partial charge in [-0.05, 0) is 74.3 Å². The Balaban J connectivity index is 1.92. The van der Waals surface area contributed by atoms with Crippen LogP contribution >= 0.6 is 0 Å². The van der Waals surface area contributed by atoms with Gasteiger partial charge in [0, 0.05) is 11.1 Å². The normalized spacial score (nSPS) is 26.1. The minimum atomic E-state index is -4.53. The zero-order chi connectivity index (χ0) is 21.2. The summed E-state index contributed by atoms with van der Waals surface area (Å²) in [6, 6.07) is 3.99. The minimum Gasteiger partial charge on any atom is -0.496 e. The molecule has 1 aromatic rings. The van der Waals surface area contributed by atoms with Crippen LogP contribution in [0.15, 0.2) is 23.8 Å². The third-order valence-electron chi connectivity index (χ3n) is 6.80. The molecule has 6 heteroatoms. The van der Waals surface area contributed by atoms with Crippen molar-refractivity contribution < 1.29 is 22.7 Å². The lowest BCUT2D eigenvalue weighted by Crippen LogP contribution is -2.38. The van der Waals surface area contributed by atoms with Gasteiger partial charge < -0.3 is 10.1 Å². The first-order chi connectivity index (χ1) is 13.7. The maximum absolute atomic E-state index is 13.5. The number of ether oxygens (including phenoxy) is 1.